The molecule has 1 heterocycles. The average molecular weight is 373 g/mol. The Morgan fingerprint density at radius 1 is 1.12 bits per heavy atom. The molecule has 0 aliphatic carbocycles. The molecular weight excluding hydrogens is 356 g/mol. The predicted octanol–water partition coefficient (Wildman–Crippen LogP) is 0.844. The van der Waals surface area contributed by atoms with Gasteiger partial charge in [0.15, 0.2) is 5.82 Å². The van der Waals surface area contributed by atoms with E-state index in [0.717, 1.165) is 12.1 Å². The molecule has 1 aromatic carbocycles. The van der Waals surface area contributed by atoms with Crippen molar-refractivity contribution >= 4 is 16.0 Å². The van der Waals surface area contributed by atoms with Crippen LogP contribution in [-0.2, 0) is 22.3 Å². The number of hydrogen-bond donors (Lipinski definition) is 1. The maximum Gasteiger partial charge on any atom is 0.321 e. The van der Waals surface area contributed by atoms with Crippen molar-refractivity contribution in [3.8, 4) is 6.01 Å². The van der Waals surface area contributed by atoms with Crippen molar-refractivity contribution in [1.82, 2.24) is 19.7 Å². The van der Waals surface area contributed by atoms with Crippen LogP contribution >= 0.6 is 0 Å². The summed E-state index contributed by atoms with van der Waals surface area (Å²) in [4.78, 5) is 13.7. The van der Waals surface area contributed by atoms with Gasteiger partial charge in [-0.3, -0.25) is 0 Å². The Hall–Kier alpha value is -2.40. The van der Waals surface area contributed by atoms with Crippen molar-refractivity contribution < 1.29 is 21.9 Å². The van der Waals surface area contributed by atoms with Gasteiger partial charge in [0.1, 0.15) is 11.6 Å². The third-order valence-corrected chi connectivity index (χ3v) is 4.26. The fourth-order valence-corrected chi connectivity index (χ4v) is 2.95. The normalized spacial score (nSPS) is 11.4. The lowest BCUT2D eigenvalue weighted by Crippen LogP contribution is -2.26. The molecule has 0 aliphatic rings. The van der Waals surface area contributed by atoms with Gasteiger partial charge in [0.25, 0.3) is 0 Å². The molecule has 0 bridgehead atoms. The minimum absolute atomic E-state index is 0.00721. The molecular formula is C14H17F2N5O3S. The fraction of sp³-hybridized carbons (Fsp3) is 0.357. The summed E-state index contributed by atoms with van der Waals surface area (Å²) >= 11 is 0. The second kappa shape index (κ2) is 7.66. The maximum atomic E-state index is 13.2. The summed E-state index contributed by atoms with van der Waals surface area (Å²) in [5.41, 5.74) is -0.00721. The van der Waals surface area contributed by atoms with Crippen molar-refractivity contribution in [1.29, 1.82) is 0 Å². The molecule has 0 amide bonds. The lowest BCUT2D eigenvalue weighted by molar-refractivity contribution is 0.375. The molecule has 2 aromatic rings. The van der Waals surface area contributed by atoms with E-state index >= 15 is 0 Å². The first kappa shape index (κ1) is 18.9. The Bertz CT molecular complexity index is 841. The van der Waals surface area contributed by atoms with Crippen molar-refractivity contribution in [2.75, 3.05) is 26.1 Å². The zero-order valence-electron chi connectivity index (χ0n) is 13.8. The van der Waals surface area contributed by atoms with Gasteiger partial charge in [0, 0.05) is 20.2 Å². The van der Waals surface area contributed by atoms with Crippen LogP contribution in [0.15, 0.2) is 18.2 Å². The van der Waals surface area contributed by atoms with E-state index in [1.54, 1.807) is 19.0 Å². The topological polar surface area (TPSA) is 97.3 Å². The number of rotatable bonds is 7. The summed E-state index contributed by atoms with van der Waals surface area (Å²) in [6, 6.07) is 2.63. The number of methoxy groups -OCH3 is 1. The second-order valence-electron chi connectivity index (χ2n) is 5.29. The van der Waals surface area contributed by atoms with E-state index in [2.05, 4.69) is 19.7 Å². The number of aromatic nitrogens is 3. The Morgan fingerprint density at radius 3 is 2.32 bits per heavy atom. The highest BCUT2D eigenvalue weighted by atomic mass is 32.2. The zero-order valence-corrected chi connectivity index (χ0v) is 14.6. The van der Waals surface area contributed by atoms with Crippen molar-refractivity contribution in [2.45, 2.75) is 12.3 Å². The Balaban J connectivity index is 2.12. The van der Waals surface area contributed by atoms with Gasteiger partial charge in [-0.2, -0.15) is 15.0 Å². The lowest BCUT2D eigenvalue weighted by Gasteiger charge is -2.12. The van der Waals surface area contributed by atoms with Gasteiger partial charge < -0.3 is 9.64 Å². The molecule has 136 valence electrons. The lowest BCUT2D eigenvalue weighted by atomic mass is 10.2. The molecule has 1 aromatic heterocycles. The number of sulfonamides is 1. The Kier molecular flexibility index (Phi) is 5.80. The Morgan fingerprint density at radius 2 is 1.76 bits per heavy atom. The van der Waals surface area contributed by atoms with Crippen LogP contribution in [-0.4, -0.2) is 44.6 Å². The number of halogens is 2. The van der Waals surface area contributed by atoms with Crippen LogP contribution in [0.3, 0.4) is 0 Å². The van der Waals surface area contributed by atoms with E-state index in [1.165, 1.54) is 7.11 Å². The Labute approximate surface area is 143 Å². The van der Waals surface area contributed by atoms with Crippen LogP contribution in [0.1, 0.15) is 11.4 Å². The molecule has 0 aliphatic heterocycles. The zero-order chi connectivity index (χ0) is 18.6. The monoisotopic (exact) mass is 373 g/mol. The number of ether oxygens (including phenoxy) is 1. The van der Waals surface area contributed by atoms with Gasteiger partial charge in [-0.1, -0.05) is 0 Å². The van der Waals surface area contributed by atoms with Crippen molar-refractivity contribution in [2.24, 2.45) is 0 Å². The summed E-state index contributed by atoms with van der Waals surface area (Å²) in [5, 5.41) is 0. The molecule has 1 N–H and O–H groups in total. The van der Waals surface area contributed by atoms with Crippen LogP contribution in [0.25, 0.3) is 0 Å². The first-order chi connectivity index (χ1) is 11.7. The smallest absolute Gasteiger partial charge is 0.321 e. The standard InChI is InChI=1S/C14H17F2N5O3S/c1-21(2)13-18-12(19-14(20-13)24-3)7-17-25(22,23)8-9-4-10(15)6-11(16)5-9/h4-6,17H,7-8H2,1-3H3. The highest BCUT2D eigenvalue weighted by molar-refractivity contribution is 7.88. The van der Waals surface area contributed by atoms with Gasteiger partial charge in [-0.05, 0) is 17.7 Å². The van der Waals surface area contributed by atoms with Crippen LogP contribution in [0.2, 0.25) is 0 Å². The number of benzene rings is 1. The number of nitrogens with zero attached hydrogens (tertiary/aromatic N) is 4. The van der Waals surface area contributed by atoms with E-state index in [4.69, 9.17) is 4.74 Å². The van der Waals surface area contributed by atoms with Gasteiger partial charge in [-0.15, -0.1) is 0 Å². The van der Waals surface area contributed by atoms with E-state index in [1.807, 2.05) is 0 Å². The number of anilines is 1. The highest BCUT2D eigenvalue weighted by Gasteiger charge is 2.15. The number of nitrogens with one attached hydrogen (secondary N) is 1. The van der Waals surface area contributed by atoms with Crippen LogP contribution in [0.5, 0.6) is 6.01 Å². The van der Waals surface area contributed by atoms with Crippen LogP contribution < -0.4 is 14.4 Å². The molecule has 0 atom stereocenters. The summed E-state index contributed by atoms with van der Waals surface area (Å²) in [7, 11) is 0.938. The van der Waals surface area contributed by atoms with Gasteiger partial charge in [0.2, 0.25) is 16.0 Å². The fourth-order valence-electron chi connectivity index (χ4n) is 1.90. The molecule has 0 radical (unpaired) electrons. The summed E-state index contributed by atoms with van der Waals surface area (Å²) in [6.45, 7) is -0.222. The molecule has 0 saturated carbocycles. The largest absolute Gasteiger partial charge is 0.467 e. The van der Waals surface area contributed by atoms with E-state index in [0.29, 0.717) is 12.0 Å². The first-order valence-electron chi connectivity index (χ1n) is 7.07. The SMILES string of the molecule is COc1nc(CNS(=O)(=O)Cc2cc(F)cc(F)c2)nc(N(C)C)n1. The molecule has 25 heavy (non-hydrogen) atoms. The van der Waals surface area contributed by atoms with E-state index in [-0.39, 0.29) is 23.9 Å². The molecule has 0 saturated heterocycles. The van der Waals surface area contributed by atoms with Crippen molar-refractivity contribution in [3.05, 3.63) is 41.2 Å². The molecule has 8 nitrogen and oxygen atoms in total. The predicted molar refractivity (Wildman–Crippen MR) is 86.5 cm³/mol. The van der Waals surface area contributed by atoms with Gasteiger partial charge in [0.05, 0.1) is 19.4 Å². The first-order valence-corrected chi connectivity index (χ1v) is 8.72. The molecule has 0 fully saturated rings. The van der Waals surface area contributed by atoms with E-state index in [9.17, 15) is 17.2 Å². The quantitative estimate of drug-likeness (QED) is 0.768. The number of hydrogen-bond acceptors (Lipinski definition) is 7. The van der Waals surface area contributed by atoms with Gasteiger partial charge in [-0.25, -0.2) is 21.9 Å². The molecule has 0 unspecified atom stereocenters. The molecule has 0 spiro atoms. The minimum Gasteiger partial charge on any atom is -0.467 e. The van der Waals surface area contributed by atoms with Crippen LogP contribution in [0, 0.1) is 11.6 Å². The van der Waals surface area contributed by atoms with Gasteiger partial charge >= 0.3 is 6.01 Å². The van der Waals surface area contributed by atoms with Crippen LogP contribution in [0.4, 0.5) is 14.7 Å². The summed E-state index contributed by atoms with van der Waals surface area (Å²) in [5.74, 6) is -1.83. The molecule has 11 heteroatoms. The molecule has 2 rings (SSSR count). The maximum absolute atomic E-state index is 13.2. The third kappa shape index (κ3) is 5.57. The summed E-state index contributed by atoms with van der Waals surface area (Å²) < 4.78 is 57.7. The summed E-state index contributed by atoms with van der Waals surface area (Å²) in [6.07, 6.45) is 0. The minimum atomic E-state index is -3.86. The third-order valence-electron chi connectivity index (χ3n) is 2.96. The highest BCUT2D eigenvalue weighted by Crippen LogP contribution is 2.12. The average Bonchev–Trinajstić information content (AvgIpc) is 2.51. The van der Waals surface area contributed by atoms with E-state index < -0.39 is 27.4 Å². The second-order valence-corrected chi connectivity index (χ2v) is 7.10. The van der Waals surface area contributed by atoms with Crippen molar-refractivity contribution in [3.63, 3.8) is 0 Å².